The highest BCUT2D eigenvalue weighted by Crippen LogP contribution is 2.38. The van der Waals surface area contributed by atoms with Gasteiger partial charge in [-0.05, 0) is 56.6 Å². The Morgan fingerprint density at radius 3 is 2.24 bits per heavy atom. The van der Waals surface area contributed by atoms with Gasteiger partial charge < -0.3 is 9.64 Å². The van der Waals surface area contributed by atoms with Crippen molar-refractivity contribution >= 4 is 15.9 Å². The minimum absolute atomic E-state index is 0.108. The summed E-state index contributed by atoms with van der Waals surface area (Å²) in [5.74, 6) is 0.182. The summed E-state index contributed by atoms with van der Waals surface area (Å²) in [6, 6.07) is 7.94. The molecule has 160 valence electrons. The maximum Gasteiger partial charge on any atom is 0.243 e. The third kappa shape index (κ3) is 4.09. The second-order valence-corrected chi connectivity index (χ2v) is 10.5. The average Bonchev–Trinajstić information content (AvgIpc) is 2.99. The number of carbonyl (C=O) groups is 1. The molecule has 1 amide bonds. The molecule has 3 heterocycles. The van der Waals surface area contributed by atoms with Crippen LogP contribution in [0.5, 0.6) is 0 Å². The minimum Gasteiger partial charge on any atom is -0.375 e. The molecular weight excluding hydrogens is 388 g/mol. The SMILES string of the molecule is CCc1ccccc1S(=O)(=O)N1CCC(OC2C[C@H]3CC[C@@H](C2)N3C(C)=O)CC1. The van der Waals surface area contributed by atoms with E-state index in [0.717, 1.165) is 44.1 Å². The van der Waals surface area contributed by atoms with Gasteiger partial charge in [0.05, 0.1) is 17.1 Å². The van der Waals surface area contributed by atoms with Crippen molar-refractivity contribution in [2.24, 2.45) is 0 Å². The lowest BCUT2D eigenvalue weighted by Gasteiger charge is -2.40. The molecule has 1 aromatic carbocycles. The lowest BCUT2D eigenvalue weighted by molar-refractivity contribution is -0.138. The predicted octanol–water partition coefficient (Wildman–Crippen LogP) is 2.96. The first kappa shape index (κ1) is 20.8. The van der Waals surface area contributed by atoms with Crippen molar-refractivity contribution in [3.8, 4) is 0 Å². The summed E-state index contributed by atoms with van der Waals surface area (Å²) >= 11 is 0. The van der Waals surface area contributed by atoms with Gasteiger partial charge in [0.15, 0.2) is 0 Å². The number of sulfonamides is 1. The fourth-order valence-electron chi connectivity index (χ4n) is 5.42. The number of amides is 1. The van der Waals surface area contributed by atoms with E-state index in [2.05, 4.69) is 4.90 Å². The quantitative estimate of drug-likeness (QED) is 0.735. The summed E-state index contributed by atoms with van der Waals surface area (Å²) in [6.07, 6.45) is 6.46. The summed E-state index contributed by atoms with van der Waals surface area (Å²) in [4.78, 5) is 14.4. The van der Waals surface area contributed by atoms with Crippen molar-refractivity contribution in [1.82, 2.24) is 9.21 Å². The maximum atomic E-state index is 13.1. The van der Waals surface area contributed by atoms with Crippen LogP contribution in [-0.4, -0.2) is 60.9 Å². The topological polar surface area (TPSA) is 66.9 Å². The molecular formula is C22H32N2O4S. The van der Waals surface area contributed by atoms with Gasteiger partial charge >= 0.3 is 0 Å². The maximum absolute atomic E-state index is 13.1. The van der Waals surface area contributed by atoms with Crippen LogP contribution >= 0.6 is 0 Å². The predicted molar refractivity (Wildman–Crippen MR) is 111 cm³/mol. The van der Waals surface area contributed by atoms with Gasteiger partial charge in [-0.2, -0.15) is 4.31 Å². The van der Waals surface area contributed by atoms with Crippen LogP contribution < -0.4 is 0 Å². The molecule has 0 aliphatic carbocycles. The fraction of sp³-hybridized carbons (Fsp3) is 0.682. The number of hydrogen-bond donors (Lipinski definition) is 0. The lowest BCUT2D eigenvalue weighted by Crippen LogP contribution is -2.49. The number of aryl methyl sites for hydroxylation is 1. The third-order valence-corrected chi connectivity index (χ3v) is 8.81. The lowest BCUT2D eigenvalue weighted by atomic mass is 9.98. The van der Waals surface area contributed by atoms with Gasteiger partial charge in [-0.1, -0.05) is 25.1 Å². The second-order valence-electron chi connectivity index (χ2n) is 8.61. The molecule has 6 nitrogen and oxygen atoms in total. The van der Waals surface area contributed by atoms with Crippen molar-refractivity contribution < 1.29 is 17.9 Å². The van der Waals surface area contributed by atoms with Gasteiger partial charge in [-0.25, -0.2) is 8.42 Å². The van der Waals surface area contributed by atoms with Gasteiger partial charge in [0.1, 0.15) is 0 Å². The molecule has 3 atom stereocenters. The molecule has 0 saturated carbocycles. The number of carbonyl (C=O) groups excluding carboxylic acids is 1. The summed E-state index contributed by atoms with van der Waals surface area (Å²) in [7, 11) is -3.45. The van der Waals surface area contributed by atoms with Crippen molar-refractivity contribution in [2.75, 3.05) is 13.1 Å². The number of ether oxygens (including phenoxy) is 1. The van der Waals surface area contributed by atoms with E-state index in [1.54, 1.807) is 23.4 Å². The Morgan fingerprint density at radius 2 is 1.66 bits per heavy atom. The minimum atomic E-state index is -3.45. The molecule has 1 unspecified atom stereocenters. The average molecular weight is 421 g/mol. The van der Waals surface area contributed by atoms with E-state index in [1.807, 2.05) is 19.1 Å². The standard InChI is InChI=1S/C22H32N2O4S/c1-3-17-6-4-5-7-22(17)29(26,27)23-12-10-20(11-13-23)28-21-14-18-8-9-19(15-21)24(18)16(2)25/h4-7,18-21H,3,8-15H2,1-2H3/t18-,19+,21?. The zero-order valence-electron chi connectivity index (χ0n) is 17.4. The molecule has 3 aliphatic heterocycles. The monoisotopic (exact) mass is 420 g/mol. The Hall–Kier alpha value is -1.44. The van der Waals surface area contributed by atoms with E-state index in [0.29, 0.717) is 36.5 Å². The van der Waals surface area contributed by atoms with Crippen LogP contribution in [0.4, 0.5) is 0 Å². The van der Waals surface area contributed by atoms with Crippen LogP contribution in [-0.2, 0) is 26.0 Å². The number of nitrogens with zero attached hydrogens (tertiary/aromatic N) is 2. The molecule has 7 heteroatoms. The van der Waals surface area contributed by atoms with E-state index in [4.69, 9.17) is 4.74 Å². The molecule has 0 N–H and O–H groups in total. The first-order valence-corrected chi connectivity index (χ1v) is 12.4. The molecule has 29 heavy (non-hydrogen) atoms. The van der Waals surface area contributed by atoms with Gasteiger partial charge in [-0.15, -0.1) is 0 Å². The molecule has 2 bridgehead atoms. The Labute approximate surface area is 174 Å². The number of rotatable bonds is 5. The van der Waals surface area contributed by atoms with Crippen molar-refractivity contribution in [1.29, 1.82) is 0 Å². The summed E-state index contributed by atoms with van der Waals surface area (Å²) in [5.41, 5.74) is 0.874. The van der Waals surface area contributed by atoms with Gasteiger partial charge in [0.25, 0.3) is 0 Å². The highest BCUT2D eigenvalue weighted by atomic mass is 32.2. The molecule has 3 saturated heterocycles. The van der Waals surface area contributed by atoms with Crippen LogP contribution in [0.25, 0.3) is 0 Å². The molecule has 4 rings (SSSR count). The zero-order chi connectivity index (χ0) is 20.6. The zero-order valence-corrected chi connectivity index (χ0v) is 18.2. The fourth-order valence-corrected chi connectivity index (χ4v) is 7.18. The van der Waals surface area contributed by atoms with Crippen molar-refractivity contribution in [3.63, 3.8) is 0 Å². The Kier molecular flexibility index (Phi) is 6.00. The Bertz CT molecular complexity index is 834. The molecule has 3 fully saturated rings. The van der Waals surface area contributed by atoms with E-state index >= 15 is 0 Å². The van der Waals surface area contributed by atoms with Crippen LogP contribution in [0.15, 0.2) is 29.2 Å². The second kappa shape index (κ2) is 8.36. The normalized spacial score (nSPS) is 28.6. The van der Waals surface area contributed by atoms with Crippen LogP contribution in [0.3, 0.4) is 0 Å². The molecule has 0 spiro atoms. The van der Waals surface area contributed by atoms with E-state index in [-0.39, 0.29) is 18.1 Å². The van der Waals surface area contributed by atoms with Crippen molar-refractivity contribution in [2.45, 2.75) is 88.0 Å². The highest BCUT2D eigenvalue weighted by molar-refractivity contribution is 7.89. The van der Waals surface area contributed by atoms with Crippen LogP contribution in [0.1, 0.15) is 57.9 Å². The molecule has 3 aliphatic rings. The Morgan fingerprint density at radius 1 is 1.03 bits per heavy atom. The third-order valence-electron chi connectivity index (χ3n) is 6.81. The van der Waals surface area contributed by atoms with Crippen molar-refractivity contribution in [3.05, 3.63) is 29.8 Å². The molecule has 0 aromatic heterocycles. The highest BCUT2D eigenvalue weighted by Gasteiger charge is 2.43. The van der Waals surface area contributed by atoms with Crippen LogP contribution in [0, 0.1) is 0 Å². The molecule has 0 radical (unpaired) electrons. The number of piperidine rings is 2. The first-order valence-electron chi connectivity index (χ1n) is 10.9. The molecule has 1 aromatic rings. The van der Waals surface area contributed by atoms with E-state index in [1.165, 1.54) is 0 Å². The summed E-state index contributed by atoms with van der Waals surface area (Å²) < 4.78 is 34.2. The van der Waals surface area contributed by atoms with Gasteiger partial charge in [-0.3, -0.25) is 4.79 Å². The first-order chi connectivity index (χ1) is 13.9. The summed E-state index contributed by atoms with van der Waals surface area (Å²) in [5, 5.41) is 0. The van der Waals surface area contributed by atoms with E-state index < -0.39 is 10.0 Å². The summed E-state index contributed by atoms with van der Waals surface area (Å²) in [6.45, 7) is 4.66. The Balaban J connectivity index is 1.34. The number of fused-ring (bicyclic) bond motifs is 2. The number of benzene rings is 1. The van der Waals surface area contributed by atoms with E-state index in [9.17, 15) is 13.2 Å². The van der Waals surface area contributed by atoms with Gasteiger partial charge in [0.2, 0.25) is 15.9 Å². The number of hydrogen-bond acceptors (Lipinski definition) is 4. The smallest absolute Gasteiger partial charge is 0.243 e. The van der Waals surface area contributed by atoms with Gasteiger partial charge in [0, 0.05) is 32.1 Å². The largest absolute Gasteiger partial charge is 0.375 e. The van der Waals surface area contributed by atoms with Crippen LogP contribution in [0.2, 0.25) is 0 Å².